The van der Waals surface area contributed by atoms with Gasteiger partial charge in [0.1, 0.15) is 0 Å². The van der Waals surface area contributed by atoms with Crippen molar-refractivity contribution < 1.29 is 4.79 Å². The molecule has 1 aliphatic rings. The normalized spacial score (nSPS) is 24.6. The fraction of sp³-hybridized carbons (Fsp3) is 0.500. The van der Waals surface area contributed by atoms with E-state index in [-0.39, 0.29) is 5.25 Å². The lowest BCUT2D eigenvalue weighted by atomic mass is 10.1. The number of nitrogens with zero attached hydrogens (tertiary/aromatic N) is 1. The monoisotopic (exact) mass is 331 g/mol. The third-order valence-electron chi connectivity index (χ3n) is 2.65. The van der Waals surface area contributed by atoms with Gasteiger partial charge in [-0.3, -0.25) is 9.78 Å². The SMILES string of the molecule is CC1SCCSC1C(=O)Cc1ccc(Br)cn1. The average Bonchev–Trinajstić information content (AvgIpc) is 2.32. The Morgan fingerprint density at radius 1 is 1.47 bits per heavy atom. The van der Waals surface area contributed by atoms with E-state index in [1.165, 1.54) is 0 Å². The van der Waals surface area contributed by atoms with Gasteiger partial charge < -0.3 is 0 Å². The first-order valence-electron chi connectivity index (χ1n) is 5.53. The van der Waals surface area contributed by atoms with E-state index >= 15 is 0 Å². The topological polar surface area (TPSA) is 30.0 Å². The summed E-state index contributed by atoms with van der Waals surface area (Å²) in [5.74, 6) is 2.55. The van der Waals surface area contributed by atoms with Crippen LogP contribution in [0, 0.1) is 0 Å². The predicted molar refractivity (Wildman–Crippen MR) is 78.8 cm³/mol. The van der Waals surface area contributed by atoms with Crippen molar-refractivity contribution in [1.29, 1.82) is 0 Å². The zero-order chi connectivity index (χ0) is 12.3. The van der Waals surface area contributed by atoms with Gasteiger partial charge in [-0.25, -0.2) is 0 Å². The van der Waals surface area contributed by atoms with Gasteiger partial charge in [-0.2, -0.15) is 11.8 Å². The second-order valence-corrected chi connectivity index (χ2v) is 7.63. The van der Waals surface area contributed by atoms with Crippen LogP contribution in [0.1, 0.15) is 12.6 Å². The second-order valence-electron chi connectivity index (χ2n) is 3.98. The molecule has 0 aromatic carbocycles. The maximum atomic E-state index is 12.2. The minimum atomic E-state index is 0.138. The molecule has 2 unspecified atom stereocenters. The van der Waals surface area contributed by atoms with Crippen molar-refractivity contribution in [3.05, 3.63) is 28.5 Å². The number of halogens is 1. The Hall–Kier alpha value is -0.000000000000000111. The number of hydrogen-bond donors (Lipinski definition) is 0. The van der Waals surface area contributed by atoms with E-state index in [0.717, 1.165) is 21.7 Å². The summed E-state index contributed by atoms with van der Waals surface area (Å²) in [7, 11) is 0. The van der Waals surface area contributed by atoms with Crippen LogP contribution in [0.15, 0.2) is 22.8 Å². The zero-order valence-corrected chi connectivity index (χ0v) is 12.8. The summed E-state index contributed by atoms with van der Waals surface area (Å²) in [4.78, 5) is 16.4. The van der Waals surface area contributed by atoms with Crippen LogP contribution in [0.2, 0.25) is 0 Å². The summed E-state index contributed by atoms with van der Waals surface area (Å²) in [6, 6.07) is 3.84. The minimum Gasteiger partial charge on any atom is -0.298 e. The van der Waals surface area contributed by atoms with Crippen molar-refractivity contribution >= 4 is 45.2 Å². The van der Waals surface area contributed by atoms with Crippen molar-refractivity contribution in [1.82, 2.24) is 4.98 Å². The molecule has 2 heterocycles. The summed E-state index contributed by atoms with van der Waals surface area (Å²) < 4.78 is 0.949. The van der Waals surface area contributed by atoms with Crippen LogP contribution < -0.4 is 0 Å². The number of hydrogen-bond acceptors (Lipinski definition) is 4. The standard InChI is InChI=1S/C12H14BrNOS2/c1-8-12(17-5-4-16-8)11(15)6-10-3-2-9(13)7-14-10/h2-3,7-8,12H,4-6H2,1H3. The van der Waals surface area contributed by atoms with Gasteiger partial charge in [0.05, 0.1) is 5.25 Å². The fourth-order valence-corrected chi connectivity index (χ4v) is 4.75. The Morgan fingerprint density at radius 3 is 2.88 bits per heavy atom. The molecule has 5 heteroatoms. The Bertz CT molecular complexity index is 396. The third-order valence-corrected chi connectivity index (χ3v) is 6.26. The maximum absolute atomic E-state index is 12.2. The van der Waals surface area contributed by atoms with Crippen molar-refractivity contribution in [3.8, 4) is 0 Å². The van der Waals surface area contributed by atoms with E-state index < -0.39 is 0 Å². The number of carbonyl (C=O) groups excluding carboxylic acids is 1. The molecule has 92 valence electrons. The molecule has 1 saturated heterocycles. The van der Waals surface area contributed by atoms with Crippen LogP contribution >= 0.6 is 39.5 Å². The van der Waals surface area contributed by atoms with Crippen LogP contribution in [0.3, 0.4) is 0 Å². The largest absolute Gasteiger partial charge is 0.298 e. The van der Waals surface area contributed by atoms with Gasteiger partial charge in [0.15, 0.2) is 5.78 Å². The molecule has 0 amide bonds. The number of aromatic nitrogens is 1. The Balaban J connectivity index is 1.98. The van der Waals surface area contributed by atoms with E-state index in [0.29, 0.717) is 17.5 Å². The maximum Gasteiger partial charge on any atom is 0.152 e. The lowest BCUT2D eigenvalue weighted by Crippen LogP contribution is -2.32. The molecule has 1 aromatic heterocycles. The van der Waals surface area contributed by atoms with Crippen LogP contribution in [-0.2, 0) is 11.2 Å². The summed E-state index contributed by atoms with van der Waals surface area (Å²) in [5.41, 5.74) is 0.863. The van der Waals surface area contributed by atoms with Crippen molar-refractivity contribution in [3.63, 3.8) is 0 Å². The second kappa shape index (κ2) is 6.25. The predicted octanol–water partition coefficient (Wildman–Crippen LogP) is 3.19. The molecule has 2 atom stereocenters. The fourth-order valence-electron chi connectivity index (χ4n) is 1.78. The number of rotatable bonds is 3. The highest BCUT2D eigenvalue weighted by Crippen LogP contribution is 2.32. The summed E-state index contributed by atoms with van der Waals surface area (Å²) in [6.45, 7) is 2.15. The molecule has 1 aliphatic heterocycles. The quantitative estimate of drug-likeness (QED) is 0.850. The van der Waals surface area contributed by atoms with E-state index in [1.54, 1.807) is 18.0 Å². The van der Waals surface area contributed by atoms with Gasteiger partial charge in [0, 0.05) is 39.5 Å². The number of carbonyl (C=O) groups is 1. The minimum absolute atomic E-state index is 0.138. The van der Waals surface area contributed by atoms with Gasteiger partial charge >= 0.3 is 0 Å². The molecular formula is C12H14BrNOS2. The molecule has 0 radical (unpaired) electrons. The van der Waals surface area contributed by atoms with Crippen LogP contribution in [-0.4, -0.2) is 32.8 Å². The molecule has 0 spiro atoms. The molecule has 2 nitrogen and oxygen atoms in total. The van der Waals surface area contributed by atoms with E-state index in [9.17, 15) is 4.79 Å². The third kappa shape index (κ3) is 3.73. The highest BCUT2D eigenvalue weighted by molar-refractivity contribution is 9.10. The smallest absolute Gasteiger partial charge is 0.152 e. The average molecular weight is 332 g/mol. The molecule has 2 rings (SSSR count). The van der Waals surface area contributed by atoms with Crippen LogP contribution in [0.5, 0.6) is 0 Å². The molecule has 1 fully saturated rings. The number of pyridine rings is 1. The van der Waals surface area contributed by atoms with Gasteiger partial charge in [-0.1, -0.05) is 6.92 Å². The highest BCUT2D eigenvalue weighted by atomic mass is 79.9. The number of Topliss-reactive ketones (excluding diaryl/α,β-unsaturated/α-hetero) is 1. The van der Waals surface area contributed by atoms with Crippen LogP contribution in [0.25, 0.3) is 0 Å². The summed E-state index contributed by atoms with van der Waals surface area (Å²) in [5, 5.41) is 0.566. The van der Waals surface area contributed by atoms with Gasteiger partial charge in [0.25, 0.3) is 0 Å². The molecule has 17 heavy (non-hydrogen) atoms. The van der Waals surface area contributed by atoms with Crippen molar-refractivity contribution in [2.24, 2.45) is 0 Å². The Morgan fingerprint density at radius 2 is 2.24 bits per heavy atom. The van der Waals surface area contributed by atoms with Crippen molar-refractivity contribution in [2.75, 3.05) is 11.5 Å². The lowest BCUT2D eigenvalue weighted by molar-refractivity contribution is -0.117. The van der Waals surface area contributed by atoms with E-state index in [4.69, 9.17) is 0 Å². The van der Waals surface area contributed by atoms with Crippen LogP contribution in [0.4, 0.5) is 0 Å². The number of ketones is 1. The highest BCUT2D eigenvalue weighted by Gasteiger charge is 2.28. The molecule has 0 saturated carbocycles. The Kier molecular flexibility index (Phi) is 4.94. The van der Waals surface area contributed by atoms with E-state index in [2.05, 4.69) is 27.8 Å². The van der Waals surface area contributed by atoms with Gasteiger partial charge in [-0.05, 0) is 28.1 Å². The molecule has 0 N–H and O–H groups in total. The molecule has 1 aromatic rings. The molecule has 0 aliphatic carbocycles. The van der Waals surface area contributed by atoms with Gasteiger partial charge in [0.2, 0.25) is 0 Å². The first kappa shape index (κ1) is 13.4. The summed E-state index contributed by atoms with van der Waals surface area (Å²) >= 11 is 7.04. The number of thioether (sulfide) groups is 2. The van der Waals surface area contributed by atoms with E-state index in [1.807, 2.05) is 23.9 Å². The first-order chi connectivity index (χ1) is 8.16. The zero-order valence-electron chi connectivity index (χ0n) is 9.56. The molecular weight excluding hydrogens is 318 g/mol. The Labute approximate surface area is 118 Å². The molecule has 0 bridgehead atoms. The van der Waals surface area contributed by atoms with Gasteiger partial charge in [-0.15, -0.1) is 11.8 Å². The van der Waals surface area contributed by atoms with Crippen molar-refractivity contribution in [2.45, 2.75) is 23.8 Å². The summed E-state index contributed by atoms with van der Waals surface area (Å²) in [6.07, 6.45) is 2.20. The lowest BCUT2D eigenvalue weighted by Gasteiger charge is -2.26. The first-order valence-corrected chi connectivity index (χ1v) is 8.42.